The van der Waals surface area contributed by atoms with Crippen LogP contribution < -0.4 is 16.0 Å². The van der Waals surface area contributed by atoms with E-state index in [-0.39, 0.29) is 17.3 Å². The van der Waals surface area contributed by atoms with Gasteiger partial charge in [-0.1, -0.05) is 0 Å². The molecular formula is C13H17F2N3O. The molecule has 1 aromatic rings. The fourth-order valence-corrected chi connectivity index (χ4v) is 2.50. The van der Waals surface area contributed by atoms with E-state index in [4.69, 9.17) is 5.73 Å². The standard InChI is InChI=1S/C13H17F2N3O/c1-17-13(19)11-4-2-3-5-18(11)12-9(14)6-8(16)7-10(12)15/h6-7,11H,2-5,16H2,1H3,(H,17,19). The Bertz CT molecular complexity index is 470. The van der Waals surface area contributed by atoms with Gasteiger partial charge >= 0.3 is 0 Å². The van der Waals surface area contributed by atoms with E-state index in [1.807, 2.05) is 0 Å². The molecule has 0 aliphatic carbocycles. The lowest BCUT2D eigenvalue weighted by Crippen LogP contribution is -2.49. The second kappa shape index (κ2) is 5.42. The van der Waals surface area contributed by atoms with Gasteiger partial charge in [-0.15, -0.1) is 0 Å². The zero-order valence-electron chi connectivity index (χ0n) is 10.7. The second-order valence-electron chi connectivity index (χ2n) is 4.65. The molecule has 0 saturated carbocycles. The molecule has 6 heteroatoms. The number of likely N-dealkylation sites (N-methyl/N-ethyl adjacent to an activating group) is 1. The van der Waals surface area contributed by atoms with E-state index in [1.54, 1.807) is 0 Å². The van der Waals surface area contributed by atoms with Crippen molar-refractivity contribution < 1.29 is 13.6 Å². The number of nitrogens with two attached hydrogens (primary N) is 1. The van der Waals surface area contributed by atoms with E-state index in [0.717, 1.165) is 25.0 Å². The molecule has 4 nitrogen and oxygen atoms in total. The van der Waals surface area contributed by atoms with Crippen LogP contribution in [-0.2, 0) is 4.79 Å². The van der Waals surface area contributed by atoms with E-state index in [1.165, 1.54) is 11.9 Å². The van der Waals surface area contributed by atoms with E-state index >= 15 is 0 Å². The Morgan fingerprint density at radius 2 is 2.00 bits per heavy atom. The van der Waals surface area contributed by atoms with Crippen LogP contribution in [0.3, 0.4) is 0 Å². The summed E-state index contributed by atoms with van der Waals surface area (Å²) in [6, 6.07) is 1.62. The van der Waals surface area contributed by atoms with E-state index in [0.29, 0.717) is 13.0 Å². The van der Waals surface area contributed by atoms with Gasteiger partial charge in [0.2, 0.25) is 5.91 Å². The van der Waals surface area contributed by atoms with Crippen molar-refractivity contribution in [2.45, 2.75) is 25.3 Å². The number of halogens is 2. The number of nitrogens with zero attached hydrogens (tertiary/aromatic N) is 1. The first kappa shape index (κ1) is 13.6. The molecule has 2 rings (SSSR count). The van der Waals surface area contributed by atoms with E-state index in [9.17, 15) is 13.6 Å². The average Bonchev–Trinajstić information content (AvgIpc) is 2.37. The maximum atomic E-state index is 13.9. The van der Waals surface area contributed by atoms with Gasteiger partial charge in [-0.2, -0.15) is 0 Å². The summed E-state index contributed by atoms with van der Waals surface area (Å²) in [5.41, 5.74) is 5.27. The van der Waals surface area contributed by atoms with Gasteiger partial charge in [0.15, 0.2) is 11.6 Å². The normalized spacial score (nSPS) is 19.3. The number of amides is 1. The third-order valence-electron chi connectivity index (χ3n) is 3.38. The highest BCUT2D eigenvalue weighted by atomic mass is 19.1. The summed E-state index contributed by atoms with van der Waals surface area (Å²) in [6.45, 7) is 0.454. The lowest BCUT2D eigenvalue weighted by Gasteiger charge is -2.36. The SMILES string of the molecule is CNC(=O)C1CCCCN1c1c(F)cc(N)cc1F. The lowest BCUT2D eigenvalue weighted by atomic mass is 10.00. The van der Waals surface area contributed by atoms with Crippen LogP contribution in [0.1, 0.15) is 19.3 Å². The van der Waals surface area contributed by atoms with Gasteiger partial charge in [0.1, 0.15) is 11.7 Å². The van der Waals surface area contributed by atoms with Crippen molar-refractivity contribution in [2.24, 2.45) is 0 Å². The summed E-state index contributed by atoms with van der Waals surface area (Å²) >= 11 is 0. The quantitative estimate of drug-likeness (QED) is 0.803. The predicted molar refractivity (Wildman–Crippen MR) is 69.8 cm³/mol. The van der Waals surface area contributed by atoms with Gasteiger partial charge in [-0.3, -0.25) is 4.79 Å². The number of nitrogens with one attached hydrogen (secondary N) is 1. The zero-order valence-corrected chi connectivity index (χ0v) is 10.7. The summed E-state index contributed by atoms with van der Waals surface area (Å²) in [4.78, 5) is 13.3. The van der Waals surface area contributed by atoms with Gasteiger partial charge in [-0.05, 0) is 31.4 Å². The molecular weight excluding hydrogens is 252 g/mol. The fraction of sp³-hybridized carbons (Fsp3) is 0.462. The molecule has 1 atom stereocenters. The Morgan fingerprint density at radius 3 is 2.58 bits per heavy atom. The van der Waals surface area contributed by atoms with Crippen LogP contribution in [0, 0.1) is 11.6 Å². The molecule has 19 heavy (non-hydrogen) atoms. The number of piperidine rings is 1. The third-order valence-corrected chi connectivity index (χ3v) is 3.38. The van der Waals surface area contributed by atoms with Gasteiger partial charge in [0, 0.05) is 19.3 Å². The van der Waals surface area contributed by atoms with Crippen LogP contribution in [0.4, 0.5) is 20.2 Å². The van der Waals surface area contributed by atoms with Crippen LogP contribution in [0.25, 0.3) is 0 Å². The highest BCUT2D eigenvalue weighted by Crippen LogP contribution is 2.31. The van der Waals surface area contributed by atoms with Crippen LogP contribution in [-0.4, -0.2) is 25.5 Å². The molecule has 1 amide bonds. The average molecular weight is 269 g/mol. The Kier molecular flexibility index (Phi) is 3.87. The van der Waals surface area contributed by atoms with Gasteiger partial charge < -0.3 is 16.0 Å². The molecule has 1 heterocycles. The molecule has 1 aliphatic heterocycles. The van der Waals surface area contributed by atoms with Crippen LogP contribution in [0.2, 0.25) is 0 Å². The first-order chi connectivity index (χ1) is 9.04. The molecule has 0 bridgehead atoms. The van der Waals surface area contributed by atoms with E-state index < -0.39 is 17.7 Å². The molecule has 1 saturated heterocycles. The first-order valence-electron chi connectivity index (χ1n) is 6.27. The number of carbonyl (C=O) groups is 1. The largest absolute Gasteiger partial charge is 0.399 e. The number of benzene rings is 1. The summed E-state index contributed by atoms with van der Waals surface area (Å²) < 4.78 is 27.9. The van der Waals surface area contributed by atoms with Crippen molar-refractivity contribution in [1.82, 2.24) is 5.32 Å². The number of anilines is 2. The molecule has 1 aliphatic rings. The molecule has 0 aromatic heterocycles. The number of hydrogen-bond acceptors (Lipinski definition) is 3. The molecule has 0 spiro atoms. The highest BCUT2D eigenvalue weighted by molar-refractivity contribution is 5.85. The molecule has 1 fully saturated rings. The number of rotatable bonds is 2. The fourth-order valence-electron chi connectivity index (χ4n) is 2.50. The Labute approximate surface area is 110 Å². The van der Waals surface area contributed by atoms with Crippen molar-refractivity contribution in [2.75, 3.05) is 24.2 Å². The summed E-state index contributed by atoms with van der Waals surface area (Å²) in [6.07, 6.45) is 2.26. The van der Waals surface area contributed by atoms with Gasteiger partial charge in [-0.25, -0.2) is 8.78 Å². The Hall–Kier alpha value is -1.85. The molecule has 1 unspecified atom stereocenters. The minimum absolute atomic E-state index is 0.0345. The number of carbonyl (C=O) groups excluding carboxylic acids is 1. The Balaban J connectivity index is 2.40. The van der Waals surface area contributed by atoms with Crippen molar-refractivity contribution in [3.63, 3.8) is 0 Å². The number of nitrogen functional groups attached to an aromatic ring is 1. The maximum Gasteiger partial charge on any atom is 0.242 e. The van der Waals surface area contributed by atoms with Crippen molar-refractivity contribution in [3.8, 4) is 0 Å². The van der Waals surface area contributed by atoms with Crippen LogP contribution in [0.15, 0.2) is 12.1 Å². The minimum atomic E-state index is -0.728. The summed E-state index contributed by atoms with van der Waals surface area (Å²) in [5, 5.41) is 2.53. The third kappa shape index (κ3) is 2.62. The first-order valence-corrected chi connectivity index (χ1v) is 6.27. The predicted octanol–water partition coefficient (Wildman–Crippen LogP) is 1.65. The monoisotopic (exact) mass is 269 g/mol. The summed E-state index contributed by atoms with van der Waals surface area (Å²) in [5.74, 6) is -1.68. The van der Waals surface area contributed by atoms with E-state index in [2.05, 4.69) is 5.32 Å². The van der Waals surface area contributed by atoms with Crippen molar-refractivity contribution in [3.05, 3.63) is 23.8 Å². The second-order valence-corrected chi connectivity index (χ2v) is 4.65. The topological polar surface area (TPSA) is 58.4 Å². The molecule has 104 valence electrons. The zero-order chi connectivity index (χ0) is 14.0. The van der Waals surface area contributed by atoms with Gasteiger partial charge in [0.05, 0.1) is 0 Å². The minimum Gasteiger partial charge on any atom is -0.399 e. The Morgan fingerprint density at radius 1 is 1.37 bits per heavy atom. The highest BCUT2D eigenvalue weighted by Gasteiger charge is 2.31. The molecule has 0 radical (unpaired) electrons. The van der Waals surface area contributed by atoms with Gasteiger partial charge in [0.25, 0.3) is 0 Å². The van der Waals surface area contributed by atoms with Crippen molar-refractivity contribution in [1.29, 1.82) is 0 Å². The molecule has 1 aromatic carbocycles. The maximum absolute atomic E-state index is 13.9. The van der Waals surface area contributed by atoms with Crippen molar-refractivity contribution >= 4 is 17.3 Å². The van der Waals surface area contributed by atoms with Crippen LogP contribution in [0.5, 0.6) is 0 Å². The smallest absolute Gasteiger partial charge is 0.242 e. The number of hydrogen-bond donors (Lipinski definition) is 2. The van der Waals surface area contributed by atoms with Crippen LogP contribution >= 0.6 is 0 Å². The summed E-state index contributed by atoms with van der Waals surface area (Å²) in [7, 11) is 1.52. The lowest BCUT2D eigenvalue weighted by molar-refractivity contribution is -0.122. The molecule has 3 N–H and O–H groups in total.